The minimum absolute atomic E-state index is 0.367. The Bertz CT molecular complexity index is 429. The summed E-state index contributed by atoms with van der Waals surface area (Å²) in [5, 5.41) is 3.42. The molecule has 3 nitrogen and oxygen atoms in total. The molecule has 1 unspecified atom stereocenters. The van der Waals surface area contributed by atoms with E-state index >= 15 is 0 Å². The fourth-order valence-electron chi connectivity index (χ4n) is 2.98. The van der Waals surface area contributed by atoms with Gasteiger partial charge in [0.05, 0.1) is 14.2 Å². The third-order valence-corrected chi connectivity index (χ3v) is 3.91. The molecule has 3 heteroatoms. The highest BCUT2D eigenvalue weighted by Crippen LogP contribution is 2.42. The molecule has 0 radical (unpaired) electrons. The van der Waals surface area contributed by atoms with E-state index in [4.69, 9.17) is 9.47 Å². The first-order valence-corrected chi connectivity index (χ1v) is 6.64. The van der Waals surface area contributed by atoms with Gasteiger partial charge < -0.3 is 14.8 Å². The quantitative estimate of drug-likeness (QED) is 0.835. The first-order valence-electron chi connectivity index (χ1n) is 6.64. The number of hydrogen-bond donors (Lipinski definition) is 1. The number of hydrogen-bond acceptors (Lipinski definition) is 3. The molecule has 1 atom stereocenters. The van der Waals surface area contributed by atoms with Crippen LogP contribution in [0.3, 0.4) is 0 Å². The van der Waals surface area contributed by atoms with Gasteiger partial charge in [-0.3, -0.25) is 0 Å². The van der Waals surface area contributed by atoms with Crippen molar-refractivity contribution in [1.29, 1.82) is 0 Å². The van der Waals surface area contributed by atoms with Crippen molar-refractivity contribution in [1.82, 2.24) is 5.32 Å². The molecule has 0 saturated heterocycles. The van der Waals surface area contributed by atoms with Crippen molar-refractivity contribution in [3.63, 3.8) is 0 Å². The Morgan fingerprint density at radius 2 is 2.00 bits per heavy atom. The van der Waals surface area contributed by atoms with Crippen LogP contribution in [0.1, 0.15) is 42.0 Å². The second-order valence-electron chi connectivity index (χ2n) is 4.91. The summed E-state index contributed by atoms with van der Waals surface area (Å²) in [7, 11) is 5.45. The molecule has 0 aromatic heterocycles. The third kappa shape index (κ3) is 2.19. The van der Waals surface area contributed by atoms with Gasteiger partial charge in [-0.05, 0) is 50.4 Å². The smallest absolute Gasteiger partial charge is 0.165 e. The van der Waals surface area contributed by atoms with Gasteiger partial charge in [0, 0.05) is 11.6 Å². The van der Waals surface area contributed by atoms with Crippen molar-refractivity contribution in [2.24, 2.45) is 0 Å². The third-order valence-electron chi connectivity index (χ3n) is 3.91. The van der Waals surface area contributed by atoms with Gasteiger partial charge in [-0.25, -0.2) is 0 Å². The molecular weight excluding hydrogens is 226 g/mol. The van der Waals surface area contributed by atoms with Gasteiger partial charge in [0.2, 0.25) is 0 Å². The van der Waals surface area contributed by atoms with E-state index in [1.807, 2.05) is 7.05 Å². The standard InChI is InChI=1S/C15H23NO2/c1-10-9-13(17-3)15(18-4)14-11(10)7-5-6-8-12(14)16-2/h9,12,16H,5-8H2,1-4H3. The van der Waals surface area contributed by atoms with E-state index in [9.17, 15) is 0 Å². The van der Waals surface area contributed by atoms with Crippen molar-refractivity contribution in [2.75, 3.05) is 21.3 Å². The van der Waals surface area contributed by atoms with Crippen molar-refractivity contribution in [3.05, 3.63) is 22.8 Å². The van der Waals surface area contributed by atoms with E-state index < -0.39 is 0 Å². The van der Waals surface area contributed by atoms with Gasteiger partial charge in [0.25, 0.3) is 0 Å². The first-order chi connectivity index (χ1) is 8.72. The summed E-state index contributed by atoms with van der Waals surface area (Å²) >= 11 is 0. The number of nitrogens with one attached hydrogen (secondary N) is 1. The zero-order valence-electron chi connectivity index (χ0n) is 11.8. The number of aryl methyl sites for hydroxylation is 1. The average Bonchev–Trinajstić information content (AvgIpc) is 2.61. The highest BCUT2D eigenvalue weighted by atomic mass is 16.5. The van der Waals surface area contributed by atoms with E-state index in [-0.39, 0.29) is 0 Å². The van der Waals surface area contributed by atoms with Gasteiger partial charge in [0.1, 0.15) is 0 Å². The Hall–Kier alpha value is -1.22. The van der Waals surface area contributed by atoms with Crippen LogP contribution in [0.25, 0.3) is 0 Å². The molecular formula is C15H23NO2. The average molecular weight is 249 g/mol. The SMILES string of the molecule is CNC1CCCCc2c(C)cc(OC)c(OC)c21. The van der Waals surface area contributed by atoms with Crippen LogP contribution in [0.4, 0.5) is 0 Å². The van der Waals surface area contributed by atoms with E-state index in [1.165, 1.54) is 29.5 Å². The highest BCUT2D eigenvalue weighted by molar-refractivity contribution is 5.56. The highest BCUT2D eigenvalue weighted by Gasteiger charge is 2.25. The number of benzene rings is 1. The Balaban J connectivity index is 2.64. The van der Waals surface area contributed by atoms with Gasteiger partial charge in [-0.1, -0.05) is 6.42 Å². The fourth-order valence-corrected chi connectivity index (χ4v) is 2.98. The second-order valence-corrected chi connectivity index (χ2v) is 4.91. The molecule has 1 aromatic rings. The minimum Gasteiger partial charge on any atom is -0.493 e. The van der Waals surface area contributed by atoms with Crippen molar-refractivity contribution in [2.45, 2.75) is 38.6 Å². The predicted molar refractivity (Wildman–Crippen MR) is 73.6 cm³/mol. The van der Waals surface area contributed by atoms with E-state index in [0.717, 1.165) is 24.3 Å². The van der Waals surface area contributed by atoms with Crippen LogP contribution in [0.15, 0.2) is 6.07 Å². The lowest BCUT2D eigenvalue weighted by molar-refractivity contribution is 0.346. The van der Waals surface area contributed by atoms with Crippen molar-refractivity contribution in [3.8, 4) is 11.5 Å². The maximum absolute atomic E-state index is 5.61. The predicted octanol–water partition coefficient (Wildman–Crippen LogP) is 3.00. The molecule has 0 aliphatic heterocycles. The normalized spacial score (nSPS) is 19.0. The molecule has 0 spiro atoms. The van der Waals surface area contributed by atoms with Crippen LogP contribution in [-0.2, 0) is 6.42 Å². The Labute approximate surface area is 109 Å². The Kier molecular flexibility index (Phi) is 4.12. The number of fused-ring (bicyclic) bond motifs is 1. The van der Waals surface area contributed by atoms with Crippen LogP contribution >= 0.6 is 0 Å². The summed E-state index contributed by atoms with van der Waals surface area (Å²) in [6.45, 7) is 2.17. The largest absolute Gasteiger partial charge is 0.493 e. The Morgan fingerprint density at radius 1 is 1.22 bits per heavy atom. The summed E-state index contributed by atoms with van der Waals surface area (Å²) in [6.07, 6.45) is 4.80. The van der Waals surface area contributed by atoms with Crippen LogP contribution in [0, 0.1) is 6.92 Å². The zero-order chi connectivity index (χ0) is 13.1. The zero-order valence-corrected chi connectivity index (χ0v) is 11.8. The lowest BCUT2D eigenvalue weighted by Gasteiger charge is -2.23. The van der Waals surface area contributed by atoms with Gasteiger partial charge in [0.15, 0.2) is 11.5 Å². The van der Waals surface area contributed by atoms with Crippen molar-refractivity contribution < 1.29 is 9.47 Å². The number of methoxy groups -OCH3 is 2. The molecule has 0 amide bonds. The molecule has 1 N–H and O–H groups in total. The molecule has 0 fully saturated rings. The van der Waals surface area contributed by atoms with Crippen molar-refractivity contribution >= 4 is 0 Å². The summed E-state index contributed by atoms with van der Waals surface area (Å²) in [6, 6.07) is 2.46. The molecule has 0 bridgehead atoms. The van der Waals surface area contributed by atoms with Crippen LogP contribution in [-0.4, -0.2) is 21.3 Å². The Morgan fingerprint density at radius 3 is 2.61 bits per heavy atom. The van der Waals surface area contributed by atoms with Gasteiger partial charge in [-0.15, -0.1) is 0 Å². The van der Waals surface area contributed by atoms with Crippen LogP contribution < -0.4 is 14.8 Å². The minimum atomic E-state index is 0.367. The van der Waals surface area contributed by atoms with Gasteiger partial charge >= 0.3 is 0 Å². The molecule has 2 rings (SSSR count). The summed E-state index contributed by atoms with van der Waals surface area (Å²) in [4.78, 5) is 0. The second kappa shape index (κ2) is 5.61. The number of rotatable bonds is 3. The van der Waals surface area contributed by atoms with E-state index in [0.29, 0.717) is 6.04 Å². The van der Waals surface area contributed by atoms with Crippen LogP contribution in [0.2, 0.25) is 0 Å². The maximum atomic E-state index is 5.61. The maximum Gasteiger partial charge on any atom is 0.165 e. The first kappa shape index (κ1) is 13.2. The topological polar surface area (TPSA) is 30.5 Å². The molecule has 100 valence electrons. The fraction of sp³-hybridized carbons (Fsp3) is 0.600. The summed E-state index contributed by atoms with van der Waals surface area (Å²) in [5.41, 5.74) is 4.05. The van der Waals surface area contributed by atoms with Crippen LogP contribution in [0.5, 0.6) is 11.5 Å². The lowest BCUT2D eigenvalue weighted by atomic mass is 9.93. The molecule has 0 heterocycles. The summed E-state index contributed by atoms with van der Waals surface area (Å²) < 4.78 is 11.1. The molecule has 1 aliphatic carbocycles. The molecule has 18 heavy (non-hydrogen) atoms. The molecule has 1 aromatic carbocycles. The molecule has 1 aliphatic rings. The molecule has 0 saturated carbocycles. The van der Waals surface area contributed by atoms with E-state index in [1.54, 1.807) is 14.2 Å². The van der Waals surface area contributed by atoms with E-state index in [2.05, 4.69) is 18.3 Å². The monoisotopic (exact) mass is 249 g/mol. The number of ether oxygens (including phenoxy) is 2. The van der Waals surface area contributed by atoms with Gasteiger partial charge in [-0.2, -0.15) is 0 Å². The summed E-state index contributed by atoms with van der Waals surface area (Å²) in [5.74, 6) is 1.75. The lowest BCUT2D eigenvalue weighted by Crippen LogP contribution is -2.18.